The van der Waals surface area contributed by atoms with Crippen molar-refractivity contribution in [1.82, 2.24) is 0 Å². The van der Waals surface area contributed by atoms with E-state index in [0.29, 0.717) is 41.5 Å². The number of aliphatic hydroxyl groups excluding tert-OH is 1. The lowest BCUT2D eigenvalue weighted by Crippen LogP contribution is -2.29. The Bertz CT molecular complexity index is 1250. The van der Waals surface area contributed by atoms with Crippen LogP contribution in [0, 0.1) is 6.92 Å². The molecule has 1 amide bonds. The monoisotopic (exact) mass is 457 g/mol. The van der Waals surface area contributed by atoms with Gasteiger partial charge in [0.05, 0.1) is 24.8 Å². The van der Waals surface area contributed by atoms with E-state index in [2.05, 4.69) is 0 Å². The minimum atomic E-state index is -0.798. The minimum absolute atomic E-state index is 0.0318. The van der Waals surface area contributed by atoms with E-state index in [1.54, 1.807) is 42.5 Å². The quantitative estimate of drug-likeness (QED) is 0.291. The molecule has 1 atom stereocenters. The van der Waals surface area contributed by atoms with Crippen molar-refractivity contribution in [3.05, 3.63) is 95.1 Å². The lowest BCUT2D eigenvalue weighted by Gasteiger charge is -2.26. The Morgan fingerprint density at radius 1 is 0.882 bits per heavy atom. The van der Waals surface area contributed by atoms with Gasteiger partial charge in [0.15, 0.2) is 0 Å². The maximum Gasteiger partial charge on any atom is 0.300 e. The third-order valence-electron chi connectivity index (χ3n) is 5.65. The highest BCUT2D eigenvalue weighted by atomic mass is 16.5. The van der Waals surface area contributed by atoms with E-state index >= 15 is 0 Å². The topological polar surface area (TPSA) is 76.1 Å². The molecule has 3 aromatic rings. The lowest BCUT2D eigenvalue weighted by molar-refractivity contribution is -0.132. The van der Waals surface area contributed by atoms with Crippen LogP contribution < -0.4 is 14.4 Å². The van der Waals surface area contributed by atoms with Crippen LogP contribution in [0.15, 0.2) is 78.4 Å². The first-order valence-electron chi connectivity index (χ1n) is 11.3. The molecule has 1 aliphatic heterocycles. The second kappa shape index (κ2) is 9.83. The van der Waals surface area contributed by atoms with Crippen molar-refractivity contribution in [3.8, 4) is 11.5 Å². The summed E-state index contributed by atoms with van der Waals surface area (Å²) in [5, 5.41) is 11.3. The number of anilines is 1. The number of ether oxygens (including phenoxy) is 2. The van der Waals surface area contributed by atoms with E-state index in [-0.39, 0.29) is 11.3 Å². The Labute approximate surface area is 199 Å². The van der Waals surface area contributed by atoms with Gasteiger partial charge in [0.1, 0.15) is 17.3 Å². The standard InChI is InChI=1S/C28H27NO5/c1-4-33-22-14-12-19(13-15-22)25-24(26(30)20-9-7-11-23(17-20)34-5-2)27(31)28(32)29(25)21-10-6-8-18(3)16-21/h6-17,25,30H,4-5H2,1-3H3/b26-24+. The van der Waals surface area contributed by atoms with Gasteiger partial charge >= 0.3 is 0 Å². The fourth-order valence-corrected chi connectivity index (χ4v) is 4.16. The fraction of sp³-hybridized carbons (Fsp3) is 0.214. The van der Waals surface area contributed by atoms with Crippen molar-refractivity contribution in [2.24, 2.45) is 0 Å². The van der Waals surface area contributed by atoms with Gasteiger partial charge in [-0.25, -0.2) is 0 Å². The molecule has 1 heterocycles. The molecule has 3 aromatic carbocycles. The zero-order valence-corrected chi connectivity index (χ0v) is 19.4. The highest BCUT2D eigenvalue weighted by Crippen LogP contribution is 2.42. The van der Waals surface area contributed by atoms with Crippen molar-refractivity contribution in [2.75, 3.05) is 18.1 Å². The predicted molar refractivity (Wildman–Crippen MR) is 131 cm³/mol. The normalized spacial score (nSPS) is 17.1. The van der Waals surface area contributed by atoms with Gasteiger partial charge in [0.25, 0.3) is 11.7 Å². The summed E-state index contributed by atoms with van der Waals surface area (Å²) in [7, 11) is 0. The molecule has 1 N–H and O–H groups in total. The Hall–Kier alpha value is -4.06. The van der Waals surface area contributed by atoms with Crippen LogP contribution in [0.2, 0.25) is 0 Å². The van der Waals surface area contributed by atoms with Crippen LogP contribution in [-0.2, 0) is 9.59 Å². The third kappa shape index (κ3) is 4.39. The van der Waals surface area contributed by atoms with Crippen LogP contribution in [0.3, 0.4) is 0 Å². The molecule has 0 aromatic heterocycles. The molecule has 0 saturated carbocycles. The first-order chi connectivity index (χ1) is 16.4. The fourth-order valence-electron chi connectivity index (χ4n) is 4.16. The molecular formula is C28H27NO5. The number of aryl methyl sites for hydroxylation is 1. The van der Waals surface area contributed by atoms with Gasteiger partial charge in [-0.2, -0.15) is 0 Å². The van der Waals surface area contributed by atoms with Gasteiger partial charge in [-0.15, -0.1) is 0 Å². The molecule has 174 valence electrons. The van der Waals surface area contributed by atoms with E-state index in [9.17, 15) is 14.7 Å². The summed E-state index contributed by atoms with van der Waals surface area (Å²) in [6.07, 6.45) is 0. The molecule has 1 aliphatic rings. The summed E-state index contributed by atoms with van der Waals surface area (Å²) in [4.78, 5) is 28.0. The number of Topliss-reactive ketones (excluding diaryl/α,β-unsaturated/α-hetero) is 1. The lowest BCUT2D eigenvalue weighted by atomic mass is 9.95. The molecule has 1 unspecified atom stereocenters. The van der Waals surface area contributed by atoms with Gasteiger partial charge < -0.3 is 14.6 Å². The Balaban J connectivity index is 1.89. The first-order valence-corrected chi connectivity index (χ1v) is 11.3. The number of hydrogen-bond acceptors (Lipinski definition) is 5. The molecule has 0 aliphatic carbocycles. The number of carbonyl (C=O) groups excluding carboxylic acids is 2. The van der Waals surface area contributed by atoms with Crippen LogP contribution >= 0.6 is 0 Å². The van der Waals surface area contributed by atoms with Crippen molar-refractivity contribution >= 4 is 23.1 Å². The Morgan fingerprint density at radius 2 is 1.56 bits per heavy atom. The van der Waals surface area contributed by atoms with Crippen molar-refractivity contribution < 1.29 is 24.2 Å². The molecule has 0 bridgehead atoms. The van der Waals surface area contributed by atoms with Gasteiger partial charge in [0, 0.05) is 11.3 Å². The number of benzene rings is 3. The summed E-state index contributed by atoms with van der Waals surface area (Å²) in [5.74, 6) is -0.416. The van der Waals surface area contributed by atoms with Crippen molar-refractivity contribution in [1.29, 1.82) is 0 Å². The molecule has 34 heavy (non-hydrogen) atoms. The van der Waals surface area contributed by atoms with Crippen LogP contribution in [0.5, 0.6) is 11.5 Å². The van der Waals surface area contributed by atoms with E-state index in [1.807, 2.05) is 51.1 Å². The molecule has 6 nitrogen and oxygen atoms in total. The number of nitrogens with zero attached hydrogens (tertiary/aromatic N) is 1. The van der Waals surface area contributed by atoms with Gasteiger partial charge in [-0.1, -0.05) is 36.4 Å². The molecule has 6 heteroatoms. The van der Waals surface area contributed by atoms with Crippen LogP contribution in [0.25, 0.3) is 5.76 Å². The van der Waals surface area contributed by atoms with Crippen LogP contribution in [0.1, 0.15) is 36.6 Å². The molecule has 0 radical (unpaired) electrons. The zero-order valence-electron chi connectivity index (χ0n) is 19.4. The minimum Gasteiger partial charge on any atom is -0.507 e. The molecule has 1 saturated heterocycles. The number of amides is 1. The SMILES string of the molecule is CCOc1ccc(C2/C(=C(\O)c3cccc(OCC)c3)C(=O)C(=O)N2c2cccc(C)c2)cc1. The van der Waals surface area contributed by atoms with E-state index in [0.717, 1.165) is 5.56 Å². The highest BCUT2D eigenvalue weighted by Gasteiger charge is 2.47. The summed E-state index contributed by atoms with van der Waals surface area (Å²) < 4.78 is 11.1. The van der Waals surface area contributed by atoms with Gasteiger partial charge in [0.2, 0.25) is 0 Å². The number of hydrogen-bond donors (Lipinski definition) is 1. The molecule has 1 fully saturated rings. The van der Waals surface area contributed by atoms with E-state index in [1.165, 1.54) is 4.90 Å². The van der Waals surface area contributed by atoms with Crippen molar-refractivity contribution in [2.45, 2.75) is 26.8 Å². The summed E-state index contributed by atoms with van der Waals surface area (Å²) >= 11 is 0. The first kappa shape index (κ1) is 23.1. The summed E-state index contributed by atoms with van der Waals surface area (Å²) in [6.45, 7) is 6.68. The van der Waals surface area contributed by atoms with E-state index in [4.69, 9.17) is 9.47 Å². The maximum atomic E-state index is 13.3. The van der Waals surface area contributed by atoms with Crippen LogP contribution in [0.4, 0.5) is 5.69 Å². The molecule has 0 spiro atoms. The molecule has 4 rings (SSSR count). The van der Waals surface area contributed by atoms with Gasteiger partial charge in [-0.3, -0.25) is 14.5 Å². The van der Waals surface area contributed by atoms with Crippen molar-refractivity contribution in [3.63, 3.8) is 0 Å². The van der Waals surface area contributed by atoms with Gasteiger partial charge in [-0.05, 0) is 68.3 Å². The Kier molecular flexibility index (Phi) is 6.68. The third-order valence-corrected chi connectivity index (χ3v) is 5.65. The summed E-state index contributed by atoms with van der Waals surface area (Å²) in [5.41, 5.74) is 2.66. The zero-order chi connectivity index (χ0) is 24.2. The number of ketones is 1. The smallest absolute Gasteiger partial charge is 0.300 e. The number of rotatable bonds is 7. The maximum absolute atomic E-state index is 13.3. The highest BCUT2D eigenvalue weighted by molar-refractivity contribution is 6.51. The predicted octanol–water partition coefficient (Wildman–Crippen LogP) is 5.42. The average molecular weight is 458 g/mol. The van der Waals surface area contributed by atoms with Crippen LogP contribution in [-0.4, -0.2) is 30.0 Å². The molecular weight excluding hydrogens is 430 g/mol. The number of carbonyl (C=O) groups is 2. The Morgan fingerprint density at radius 3 is 2.24 bits per heavy atom. The number of aliphatic hydroxyl groups is 1. The largest absolute Gasteiger partial charge is 0.507 e. The second-order valence-electron chi connectivity index (χ2n) is 7.97. The summed E-state index contributed by atoms with van der Waals surface area (Å²) in [6, 6.07) is 20.7. The average Bonchev–Trinajstić information content (AvgIpc) is 3.10. The van der Waals surface area contributed by atoms with E-state index < -0.39 is 17.7 Å². The second-order valence-corrected chi connectivity index (χ2v) is 7.97.